The molecule has 50 heavy (non-hydrogen) atoms. The number of para-hydroxylation sites is 1. The van der Waals surface area contributed by atoms with Crippen LogP contribution < -0.4 is 27.0 Å². The van der Waals surface area contributed by atoms with Gasteiger partial charge < -0.3 is 42.2 Å². The Morgan fingerprint density at radius 2 is 1.34 bits per heavy atom. The summed E-state index contributed by atoms with van der Waals surface area (Å²) < 4.78 is 31.7. The summed E-state index contributed by atoms with van der Waals surface area (Å²) in [6, 6.07) is 12.8. The van der Waals surface area contributed by atoms with Gasteiger partial charge in [-0.15, -0.1) is 0 Å². The molecule has 9 N–H and O–H groups in total. The van der Waals surface area contributed by atoms with E-state index >= 15 is 0 Å². The van der Waals surface area contributed by atoms with E-state index in [2.05, 4.69) is 26.3 Å². The number of hydrogen-bond donors (Lipinski definition) is 8. The number of rotatable bonds is 15. The zero-order chi connectivity index (χ0) is 37.6. The molecule has 0 unspecified atom stereocenters. The molecule has 4 amide bonds. The summed E-state index contributed by atoms with van der Waals surface area (Å²) in [5.41, 5.74) is 8.88. The average molecular weight is 707 g/mol. The van der Waals surface area contributed by atoms with Crippen molar-refractivity contribution in [3.8, 4) is 0 Å². The zero-order valence-corrected chi connectivity index (χ0v) is 27.5. The molecule has 0 bridgehead atoms. The number of H-pyrrole nitrogens is 1. The van der Waals surface area contributed by atoms with Crippen molar-refractivity contribution in [2.24, 2.45) is 11.7 Å². The summed E-state index contributed by atoms with van der Waals surface area (Å²) in [4.78, 5) is 75.0. The second kappa shape index (κ2) is 18.9. The van der Waals surface area contributed by atoms with Gasteiger partial charge in [-0.1, -0.05) is 62.4 Å². The van der Waals surface area contributed by atoms with Crippen molar-refractivity contribution in [1.82, 2.24) is 26.3 Å². The molecule has 0 aliphatic heterocycles. The highest BCUT2D eigenvalue weighted by Gasteiger charge is 2.38. The second-order valence-corrected chi connectivity index (χ2v) is 11.8. The first-order valence-electron chi connectivity index (χ1n) is 15.4. The van der Waals surface area contributed by atoms with Crippen molar-refractivity contribution < 1.29 is 52.2 Å². The SMILES string of the molecule is CC(C)C[C@H](NC(=O)[C@H](Cc1ccccc1)NC(=O)[C@@H](N)Cc1c[nH]c2ccccc12)C(=O)N[C@@H](C)C(=O)NCC(=O)O.O=C(O)C(F)(F)F. The standard InChI is InChI=1S/C31H40N6O6.C2HF3O2/c1-18(2)13-25(30(42)35-19(3)28(40)34-17-27(38)39)37-31(43)26(14-20-9-5-4-6-10-20)36-29(41)23(32)15-21-16-33-24-12-8-7-11-22(21)24;3-2(4,5)1(6)7/h4-12,16,18-19,23,25-26,33H,13-15,17,32H2,1-3H3,(H,34,40)(H,35,42)(H,36,41)(H,37,43)(H,38,39);(H,6,7)/t19-,23-,25-,26-;/m0./s1. The van der Waals surface area contributed by atoms with Crippen LogP contribution in [0.1, 0.15) is 38.3 Å². The van der Waals surface area contributed by atoms with Crippen molar-refractivity contribution in [2.45, 2.75) is 70.4 Å². The van der Waals surface area contributed by atoms with E-state index in [0.29, 0.717) is 0 Å². The molecule has 0 spiro atoms. The minimum absolute atomic E-state index is 0.000969. The number of carboxylic acid groups (broad SMARTS) is 2. The maximum absolute atomic E-state index is 13.6. The van der Waals surface area contributed by atoms with Gasteiger partial charge >= 0.3 is 18.1 Å². The van der Waals surface area contributed by atoms with E-state index in [-0.39, 0.29) is 25.2 Å². The maximum Gasteiger partial charge on any atom is 0.490 e. The van der Waals surface area contributed by atoms with Crippen LogP contribution in [0.25, 0.3) is 10.9 Å². The molecule has 3 rings (SSSR count). The van der Waals surface area contributed by atoms with E-state index in [1.807, 2.05) is 74.6 Å². The van der Waals surface area contributed by atoms with Gasteiger partial charge in [0.25, 0.3) is 0 Å². The first-order valence-corrected chi connectivity index (χ1v) is 15.4. The van der Waals surface area contributed by atoms with Gasteiger partial charge in [-0.2, -0.15) is 13.2 Å². The van der Waals surface area contributed by atoms with Crippen molar-refractivity contribution in [3.63, 3.8) is 0 Å². The van der Waals surface area contributed by atoms with Gasteiger partial charge in [-0.05, 0) is 42.9 Å². The summed E-state index contributed by atoms with van der Waals surface area (Å²) >= 11 is 0. The molecule has 4 atom stereocenters. The van der Waals surface area contributed by atoms with Crippen molar-refractivity contribution in [1.29, 1.82) is 0 Å². The monoisotopic (exact) mass is 706 g/mol. The fraction of sp³-hybridized carbons (Fsp3) is 0.394. The van der Waals surface area contributed by atoms with E-state index in [1.165, 1.54) is 6.92 Å². The predicted octanol–water partition coefficient (Wildman–Crippen LogP) is 1.63. The summed E-state index contributed by atoms with van der Waals surface area (Å²) in [6.45, 7) is 4.58. The fourth-order valence-corrected chi connectivity index (χ4v) is 4.64. The van der Waals surface area contributed by atoms with Crippen LogP contribution in [0.4, 0.5) is 13.2 Å². The van der Waals surface area contributed by atoms with Crippen molar-refractivity contribution >= 4 is 46.5 Å². The molecule has 17 heteroatoms. The van der Waals surface area contributed by atoms with Gasteiger partial charge in [0.1, 0.15) is 24.7 Å². The summed E-state index contributed by atoms with van der Waals surface area (Å²) in [5.74, 6) is -6.36. The number of aliphatic carboxylic acids is 2. The smallest absolute Gasteiger partial charge is 0.480 e. The Kier molecular flexibility index (Phi) is 15.4. The van der Waals surface area contributed by atoms with Crippen LogP contribution in [-0.4, -0.2) is 87.7 Å². The molecule has 2 aromatic carbocycles. The number of carbonyl (C=O) groups excluding carboxylic acids is 4. The number of nitrogens with one attached hydrogen (secondary N) is 5. The van der Waals surface area contributed by atoms with Gasteiger partial charge in [-0.3, -0.25) is 24.0 Å². The number of hydrogen-bond acceptors (Lipinski definition) is 7. The van der Waals surface area contributed by atoms with Crippen LogP contribution in [0.2, 0.25) is 0 Å². The lowest BCUT2D eigenvalue weighted by atomic mass is 10.00. The number of aromatic amines is 1. The lowest BCUT2D eigenvalue weighted by Gasteiger charge is -2.26. The Hall–Kier alpha value is -5.45. The van der Waals surface area contributed by atoms with Crippen molar-refractivity contribution in [3.05, 3.63) is 71.9 Å². The number of halogens is 3. The molecule has 0 radical (unpaired) electrons. The van der Waals surface area contributed by atoms with Crippen molar-refractivity contribution in [2.75, 3.05) is 6.54 Å². The molecular weight excluding hydrogens is 665 g/mol. The number of amides is 4. The highest BCUT2D eigenvalue weighted by atomic mass is 19.4. The van der Waals surface area contributed by atoms with Crippen LogP contribution in [0.3, 0.4) is 0 Å². The van der Waals surface area contributed by atoms with E-state index < -0.39 is 72.5 Å². The molecule has 0 saturated carbocycles. The summed E-state index contributed by atoms with van der Waals surface area (Å²) in [5, 5.41) is 27.1. The number of carbonyl (C=O) groups is 6. The Morgan fingerprint density at radius 1 is 0.780 bits per heavy atom. The van der Waals surface area contributed by atoms with Crippen LogP contribution in [0.15, 0.2) is 60.8 Å². The summed E-state index contributed by atoms with van der Waals surface area (Å²) in [7, 11) is 0. The third kappa shape index (κ3) is 13.6. The minimum Gasteiger partial charge on any atom is -0.480 e. The third-order valence-corrected chi connectivity index (χ3v) is 7.12. The number of benzene rings is 2. The normalized spacial score (nSPS) is 13.5. The highest BCUT2D eigenvalue weighted by Crippen LogP contribution is 2.19. The van der Waals surface area contributed by atoms with E-state index in [1.54, 1.807) is 0 Å². The van der Waals surface area contributed by atoms with Crippen LogP contribution >= 0.6 is 0 Å². The van der Waals surface area contributed by atoms with E-state index in [9.17, 15) is 37.1 Å². The number of alkyl halides is 3. The molecule has 0 saturated heterocycles. The quantitative estimate of drug-likeness (QED) is 0.115. The molecule has 1 aromatic heterocycles. The highest BCUT2D eigenvalue weighted by molar-refractivity contribution is 5.95. The fourth-order valence-electron chi connectivity index (χ4n) is 4.64. The second-order valence-electron chi connectivity index (χ2n) is 11.8. The van der Waals surface area contributed by atoms with Gasteiger partial charge in [0.05, 0.1) is 6.04 Å². The molecule has 14 nitrogen and oxygen atoms in total. The maximum atomic E-state index is 13.6. The van der Waals surface area contributed by atoms with Gasteiger partial charge in [0.15, 0.2) is 0 Å². The Labute approximate surface area is 285 Å². The zero-order valence-electron chi connectivity index (χ0n) is 27.5. The van der Waals surface area contributed by atoms with Crippen LogP contribution in [-0.2, 0) is 41.6 Å². The molecule has 272 valence electrons. The summed E-state index contributed by atoms with van der Waals surface area (Å²) in [6.07, 6.45) is -2.62. The number of fused-ring (bicyclic) bond motifs is 1. The molecule has 0 aliphatic rings. The lowest BCUT2D eigenvalue weighted by molar-refractivity contribution is -0.192. The third-order valence-electron chi connectivity index (χ3n) is 7.12. The Balaban J connectivity index is 0.00000112. The topological polar surface area (TPSA) is 233 Å². The number of carboxylic acids is 2. The van der Waals surface area contributed by atoms with Gasteiger partial charge in [0, 0.05) is 23.5 Å². The molecule has 0 fully saturated rings. The Morgan fingerprint density at radius 3 is 1.92 bits per heavy atom. The first kappa shape index (κ1) is 40.7. The minimum atomic E-state index is -5.08. The number of nitrogens with two attached hydrogens (primary N) is 1. The number of aromatic nitrogens is 1. The average Bonchev–Trinajstić information content (AvgIpc) is 3.45. The van der Waals surface area contributed by atoms with Crippen LogP contribution in [0, 0.1) is 5.92 Å². The lowest BCUT2D eigenvalue weighted by Crippen LogP contribution is -2.58. The Bertz CT molecular complexity index is 1630. The molecule has 0 aliphatic carbocycles. The van der Waals surface area contributed by atoms with Crippen LogP contribution in [0.5, 0.6) is 0 Å². The van der Waals surface area contributed by atoms with Gasteiger partial charge in [0.2, 0.25) is 23.6 Å². The molecule has 3 aromatic rings. The molecule has 1 heterocycles. The van der Waals surface area contributed by atoms with E-state index in [4.69, 9.17) is 20.7 Å². The molecular formula is C33H41F3N6O8. The first-order chi connectivity index (χ1) is 23.4. The van der Waals surface area contributed by atoms with Gasteiger partial charge in [-0.25, -0.2) is 4.79 Å². The van der Waals surface area contributed by atoms with E-state index in [0.717, 1.165) is 22.0 Å². The predicted molar refractivity (Wildman–Crippen MR) is 175 cm³/mol. The largest absolute Gasteiger partial charge is 0.490 e.